The number of hydrogen-bond acceptors (Lipinski definition) is 3. The zero-order chi connectivity index (χ0) is 20.2. The number of hydrogen-bond donors (Lipinski definition) is 3. The van der Waals surface area contributed by atoms with E-state index in [2.05, 4.69) is 50.5 Å². The van der Waals surface area contributed by atoms with Gasteiger partial charge in [0.2, 0.25) is 0 Å². The van der Waals surface area contributed by atoms with Crippen LogP contribution in [0.5, 0.6) is 0 Å². The number of urea groups is 1. The fourth-order valence-electron chi connectivity index (χ4n) is 3.95. The number of piperazine rings is 1. The molecule has 0 spiro atoms. The minimum atomic E-state index is -0.194. The quantitative estimate of drug-likeness (QED) is 0.617. The molecule has 1 aliphatic heterocycles. The molecule has 1 aliphatic rings. The number of carbonyl (C=O) groups is 1. The number of rotatable bonds is 5. The summed E-state index contributed by atoms with van der Waals surface area (Å²) in [5, 5.41) is 7.09. The second-order valence-corrected chi connectivity index (χ2v) is 7.59. The van der Waals surface area contributed by atoms with Gasteiger partial charge in [0.1, 0.15) is 0 Å². The average Bonchev–Trinajstić information content (AvgIpc) is 3.23. The molecule has 6 heteroatoms. The third kappa shape index (κ3) is 4.38. The van der Waals surface area contributed by atoms with Gasteiger partial charge in [-0.3, -0.25) is 0 Å². The Bertz CT molecular complexity index is 988. The Morgan fingerprint density at radius 3 is 2.69 bits per heavy atom. The summed E-state index contributed by atoms with van der Waals surface area (Å²) in [6.45, 7) is 10.1. The highest BCUT2D eigenvalue weighted by atomic mass is 16.2. The summed E-state index contributed by atoms with van der Waals surface area (Å²) in [7, 11) is 0. The van der Waals surface area contributed by atoms with Crippen LogP contribution < -0.4 is 15.5 Å². The number of amides is 2. The van der Waals surface area contributed by atoms with Crippen molar-refractivity contribution in [2.75, 3.05) is 42.9 Å². The molecule has 1 saturated heterocycles. The second kappa shape index (κ2) is 8.57. The highest BCUT2D eigenvalue weighted by Gasteiger charge is 2.16. The van der Waals surface area contributed by atoms with E-state index in [4.69, 9.17) is 0 Å². The normalized spacial score (nSPS) is 14.9. The van der Waals surface area contributed by atoms with E-state index in [1.807, 2.05) is 37.4 Å². The topological polar surface area (TPSA) is 63.4 Å². The van der Waals surface area contributed by atoms with E-state index < -0.39 is 0 Å². The van der Waals surface area contributed by atoms with Gasteiger partial charge in [-0.2, -0.15) is 0 Å². The summed E-state index contributed by atoms with van der Waals surface area (Å²) in [5.74, 6) is 0. The minimum Gasteiger partial charge on any atom is -0.369 e. The molecular weight excluding hydrogens is 362 g/mol. The Morgan fingerprint density at radius 2 is 1.93 bits per heavy atom. The number of likely N-dealkylation sites (N-methyl/N-ethyl adjacent to an activating group) is 1. The summed E-state index contributed by atoms with van der Waals surface area (Å²) in [6.07, 6.45) is 1.92. The number of nitrogens with zero attached hydrogens (tertiary/aromatic N) is 2. The maximum Gasteiger partial charge on any atom is 0.319 e. The largest absolute Gasteiger partial charge is 0.369 e. The Balaban J connectivity index is 1.35. The average molecular weight is 392 g/mol. The van der Waals surface area contributed by atoms with Crippen molar-refractivity contribution in [1.82, 2.24) is 15.2 Å². The van der Waals surface area contributed by atoms with Crippen molar-refractivity contribution in [2.24, 2.45) is 0 Å². The van der Waals surface area contributed by atoms with Gasteiger partial charge < -0.3 is 25.4 Å². The first-order valence-electron chi connectivity index (χ1n) is 10.3. The third-order valence-electron chi connectivity index (χ3n) is 5.76. The summed E-state index contributed by atoms with van der Waals surface area (Å²) in [5.41, 5.74) is 5.28. The zero-order valence-corrected chi connectivity index (χ0v) is 17.2. The lowest BCUT2D eigenvalue weighted by atomic mass is 10.1. The van der Waals surface area contributed by atoms with Crippen LogP contribution in [-0.4, -0.2) is 48.6 Å². The molecule has 2 aromatic carbocycles. The van der Waals surface area contributed by atoms with Crippen LogP contribution in [-0.2, 0) is 6.54 Å². The van der Waals surface area contributed by atoms with E-state index in [1.165, 1.54) is 5.69 Å². The molecule has 1 fully saturated rings. The first-order valence-corrected chi connectivity index (χ1v) is 10.3. The van der Waals surface area contributed by atoms with Crippen molar-refractivity contribution in [3.63, 3.8) is 0 Å². The molecule has 0 radical (unpaired) electrons. The van der Waals surface area contributed by atoms with Crippen LogP contribution in [0.15, 0.2) is 48.7 Å². The molecule has 1 aromatic heterocycles. The van der Waals surface area contributed by atoms with Crippen molar-refractivity contribution >= 4 is 28.3 Å². The van der Waals surface area contributed by atoms with Gasteiger partial charge in [-0.1, -0.05) is 25.1 Å². The summed E-state index contributed by atoms with van der Waals surface area (Å²) in [4.78, 5) is 20.5. The number of aromatic amines is 1. The molecule has 2 heterocycles. The fourth-order valence-corrected chi connectivity index (χ4v) is 3.95. The van der Waals surface area contributed by atoms with E-state index in [9.17, 15) is 4.79 Å². The molecule has 3 N–H and O–H groups in total. The Morgan fingerprint density at radius 1 is 1.10 bits per heavy atom. The minimum absolute atomic E-state index is 0.194. The predicted octanol–water partition coefficient (Wildman–Crippen LogP) is 3.94. The van der Waals surface area contributed by atoms with Gasteiger partial charge >= 0.3 is 6.03 Å². The van der Waals surface area contributed by atoms with Gasteiger partial charge in [0.15, 0.2) is 0 Å². The maximum absolute atomic E-state index is 12.4. The van der Waals surface area contributed by atoms with E-state index in [-0.39, 0.29) is 6.03 Å². The molecule has 0 atom stereocenters. The molecule has 0 bridgehead atoms. The van der Waals surface area contributed by atoms with Gasteiger partial charge in [0.25, 0.3) is 0 Å². The van der Waals surface area contributed by atoms with Gasteiger partial charge in [-0.15, -0.1) is 0 Å². The fraction of sp³-hybridized carbons (Fsp3) is 0.348. The lowest BCUT2D eigenvalue weighted by Crippen LogP contribution is -2.46. The standard InChI is InChI=1S/C23H29N5O/c1-3-27-11-13-28(14-12-27)20-7-8-21(17(2)15-20)26-23(29)25-16-19-6-4-5-18-9-10-24-22(18)19/h4-10,15,24H,3,11-14,16H2,1-2H3,(H2,25,26,29). The van der Waals surface area contributed by atoms with Crippen molar-refractivity contribution in [2.45, 2.75) is 20.4 Å². The molecule has 2 amide bonds. The van der Waals surface area contributed by atoms with Crippen LogP contribution >= 0.6 is 0 Å². The van der Waals surface area contributed by atoms with Gasteiger partial charge in [0, 0.05) is 50.3 Å². The Kier molecular flexibility index (Phi) is 5.71. The predicted molar refractivity (Wildman–Crippen MR) is 120 cm³/mol. The number of nitrogens with one attached hydrogen (secondary N) is 3. The van der Waals surface area contributed by atoms with Crippen molar-refractivity contribution < 1.29 is 4.79 Å². The molecule has 152 valence electrons. The smallest absolute Gasteiger partial charge is 0.319 e. The van der Waals surface area contributed by atoms with Crippen LogP contribution in [0.2, 0.25) is 0 Å². The SMILES string of the molecule is CCN1CCN(c2ccc(NC(=O)NCc3cccc4cc[nH]c34)c(C)c2)CC1. The van der Waals surface area contributed by atoms with Crippen molar-refractivity contribution in [1.29, 1.82) is 0 Å². The third-order valence-corrected chi connectivity index (χ3v) is 5.76. The number of fused-ring (bicyclic) bond motifs is 1. The highest BCUT2D eigenvalue weighted by molar-refractivity contribution is 5.91. The van der Waals surface area contributed by atoms with Crippen LogP contribution in [0.1, 0.15) is 18.1 Å². The molecule has 6 nitrogen and oxygen atoms in total. The molecule has 3 aromatic rings. The lowest BCUT2D eigenvalue weighted by Gasteiger charge is -2.35. The maximum atomic E-state index is 12.4. The first kappa shape index (κ1) is 19.3. The number of carbonyl (C=O) groups excluding carboxylic acids is 1. The number of aromatic nitrogens is 1. The van der Waals surface area contributed by atoms with Crippen LogP contribution in [0.4, 0.5) is 16.2 Å². The number of anilines is 2. The van der Waals surface area contributed by atoms with E-state index in [0.29, 0.717) is 6.54 Å². The summed E-state index contributed by atoms with van der Waals surface area (Å²) in [6, 6.07) is 14.2. The number of para-hydroxylation sites is 1. The number of aryl methyl sites for hydroxylation is 1. The van der Waals surface area contributed by atoms with E-state index in [1.54, 1.807) is 0 Å². The summed E-state index contributed by atoms with van der Waals surface area (Å²) < 4.78 is 0. The van der Waals surface area contributed by atoms with Crippen molar-refractivity contribution in [3.05, 3.63) is 59.8 Å². The molecule has 0 saturated carbocycles. The van der Waals surface area contributed by atoms with Crippen LogP contribution in [0.3, 0.4) is 0 Å². The Hall–Kier alpha value is -2.99. The lowest BCUT2D eigenvalue weighted by molar-refractivity contribution is 0.252. The van der Waals surface area contributed by atoms with E-state index >= 15 is 0 Å². The van der Waals surface area contributed by atoms with Gasteiger partial charge in [0.05, 0.1) is 5.52 Å². The van der Waals surface area contributed by atoms with Crippen LogP contribution in [0.25, 0.3) is 10.9 Å². The molecular formula is C23H29N5O. The second-order valence-electron chi connectivity index (χ2n) is 7.59. The summed E-state index contributed by atoms with van der Waals surface area (Å²) >= 11 is 0. The molecule has 4 rings (SSSR count). The van der Waals surface area contributed by atoms with Crippen LogP contribution in [0, 0.1) is 6.92 Å². The number of benzene rings is 2. The first-order chi connectivity index (χ1) is 14.1. The van der Waals surface area contributed by atoms with Gasteiger partial charge in [-0.05, 0) is 54.2 Å². The zero-order valence-electron chi connectivity index (χ0n) is 17.2. The van der Waals surface area contributed by atoms with E-state index in [0.717, 1.165) is 60.4 Å². The molecule has 29 heavy (non-hydrogen) atoms. The number of H-pyrrole nitrogens is 1. The highest BCUT2D eigenvalue weighted by Crippen LogP contribution is 2.24. The van der Waals surface area contributed by atoms with Crippen molar-refractivity contribution in [3.8, 4) is 0 Å². The Labute approximate surface area is 171 Å². The molecule has 0 unspecified atom stereocenters. The monoisotopic (exact) mass is 391 g/mol. The van der Waals surface area contributed by atoms with Gasteiger partial charge in [-0.25, -0.2) is 4.79 Å². The molecule has 0 aliphatic carbocycles.